The number of methoxy groups -OCH3 is 1. The number of nitrogens with one attached hydrogen (secondary N) is 1. The van der Waals surface area contributed by atoms with Gasteiger partial charge in [0.15, 0.2) is 5.16 Å². The van der Waals surface area contributed by atoms with Gasteiger partial charge in [-0.1, -0.05) is 42.1 Å². The van der Waals surface area contributed by atoms with E-state index < -0.39 is 0 Å². The molecular formula is C21H21N5O3S. The smallest absolute Gasteiger partial charge is 0.343 e. The highest BCUT2D eigenvalue weighted by Crippen LogP contribution is 2.33. The Balaban J connectivity index is 1.46. The van der Waals surface area contributed by atoms with Crippen molar-refractivity contribution in [2.45, 2.75) is 30.3 Å². The van der Waals surface area contributed by atoms with Gasteiger partial charge in [0.1, 0.15) is 5.75 Å². The number of nitrogens with zero attached hydrogens (tertiary/aromatic N) is 4. The van der Waals surface area contributed by atoms with E-state index in [-0.39, 0.29) is 10.9 Å². The number of ether oxygens (including phenoxy) is 1. The normalized spacial score (nSPS) is 12.1. The highest BCUT2D eigenvalue weighted by atomic mass is 32.2. The maximum atomic E-state index is 12.2. The molecule has 4 aromatic rings. The van der Waals surface area contributed by atoms with Crippen molar-refractivity contribution in [3.8, 4) is 17.2 Å². The van der Waals surface area contributed by atoms with Crippen LogP contribution in [0, 0.1) is 0 Å². The second-order valence-corrected chi connectivity index (χ2v) is 7.94. The first-order valence-corrected chi connectivity index (χ1v) is 10.4. The number of aromatic nitrogens is 5. The molecule has 1 unspecified atom stereocenters. The van der Waals surface area contributed by atoms with Crippen molar-refractivity contribution in [2.75, 3.05) is 7.11 Å². The second-order valence-electron chi connectivity index (χ2n) is 6.63. The van der Waals surface area contributed by atoms with Crippen LogP contribution in [0.3, 0.4) is 0 Å². The van der Waals surface area contributed by atoms with E-state index in [1.165, 1.54) is 11.8 Å². The average molecular weight is 423 g/mol. The van der Waals surface area contributed by atoms with E-state index in [4.69, 9.17) is 9.15 Å². The molecule has 0 saturated heterocycles. The molecule has 4 rings (SSSR count). The number of benzene rings is 2. The lowest BCUT2D eigenvalue weighted by Gasteiger charge is -2.08. The van der Waals surface area contributed by atoms with Crippen LogP contribution in [0.5, 0.6) is 5.75 Å². The Morgan fingerprint density at radius 1 is 1.13 bits per heavy atom. The molecule has 0 saturated carbocycles. The summed E-state index contributed by atoms with van der Waals surface area (Å²) in [7, 11) is 1.62. The van der Waals surface area contributed by atoms with Crippen LogP contribution >= 0.6 is 11.8 Å². The predicted molar refractivity (Wildman–Crippen MR) is 114 cm³/mol. The highest BCUT2D eigenvalue weighted by molar-refractivity contribution is 7.99. The average Bonchev–Trinajstić information content (AvgIpc) is 3.41. The summed E-state index contributed by atoms with van der Waals surface area (Å²) in [6, 6.07) is 17.4. The fourth-order valence-electron chi connectivity index (χ4n) is 2.93. The van der Waals surface area contributed by atoms with Crippen molar-refractivity contribution in [3.63, 3.8) is 0 Å². The van der Waals surface area contributed by atoms with Crippen molar-refractivity contribution in [2.24, 2.45) is 0 Å². The van der Waals surface area contributed by atoms with Gasteiger partial charge in [-0.2, -0.15) is 0 Å². The Bertz CT molecular complexity index is 1150. The van der Waals surface area contributed by atoms with Gasteiger partial charge in [0.05, 0.1) is 12.4 Å². The number of thioether (sulfide) groups is 1. The molecule has 0 aliphatic heterocycles. The lowest BCUT2D eigenvalue weighted by Crippen LogP contribution is -2.19. The van der Waals surface area contributed by atoms with E-state index in [1.807, 2.05) is 61.5 Å². The third kappa shape index (κ3) is 4.46. The zero-order chi connectivity index (χ0) is 20.9. The maximum Gasteiger partial charge on any atom is 0.343 e. The summed E-state index contributed by atoms with van der Waals surface area (Å²) in [5.41, 5.74) is 1.74. The first kappa shape index (κ1) is 20.0. The van der Waals surface area contributed by atoms with Gasteiger partial charge in [-0.15, -0.1) is 15.3 Å². The molecule has 8 nitrogen and oxygen atoms in total. The third-order valence-electron chi connectivity index (χ3n) is 4.60. The van der Waals surface area contributed by atoms with Gasteiger partial charge < -0.3 is 9.15 Å². The molecular weight excluding hydrogens is 402 g/mol. The molecule has 30 heavy (non-hydrogen) atoms. The van der Waals surface area contributed by atoms with Crippen LogP contribution in [-0.4, -0.2) is 32.1 Å². The van der Waals surface area contributed by atoms with Crippen molar-refractivity contribution in [1.82, 2.24) is 25.0 Å². The molecule has 0 fully saturated rings. The Morgan fingerprint density at radius 2 is 1.90 bits per heavy atom. The number of hydrogen-bond donors (Lipinski definition) is 1. The molecule has 2 aromatic heterocycles. The number of aromatic amines is 1. The molecule has 9 heteroatoms. The fourth-order valence-corrected chi connectivity index (χ4v) is 3.85. The van der Waals surface area contributed by atoms with Crippen LogP contribution in [0.25, 0.3) is 11.5 Å². The lowest BCUT2D eigenvalue weighted by atomic mass is 10.1. The van der Waals surface area contributed by atoms with Crippen LogP contribution in [0.2, 0.25) is 0 Å². The predicted octanol–water partition coefficient (Wildman–Crippen LogP) is 3.73. The summed E-state index contributed by atoms with van der Waals surface area (Å²) < 4.78 is 12.6. The summed E-state index contributed by atoms with van der Waals surface area (Å²) in [4.78, 5) is 12.2. The number of aryl methyl sites for hydroxylation is 1. The third-order valence-corrected chi connectivity index (χ3v) is 5.68. The molecule has 0 amide bonds. The van der Waals surface area contributed by atoms with E-state index in [2.05, 4.69) is 20.4 Å². The quantitative estimate of drug-likeness (QED) is 0.431. The minimum Gasteiger partial charge on any atom is -0.497 e. The zero-order valence-corrected chi connectivity index (χ0v) is 17.4. The molecule has 2 aromatic carbocycles. The van der Waals surface area contributed by atoms with E-state index in [9.17, 15) is 4.79 Å². The van der Waals surface area contributed by atoms with Gasteiger partial charge in [-0.25, -0.2) is 9.89 Å². The SMILES string of the molecule is COc1ccc(-c2nnc(C(C)Sc3n[nH]c(=O)n3CCc3ccccc3)o2)cc1. The minimum atomic E-state index is -0.231. The molecule has 1 atom stereocenters. The second kappa shape index (κ2) is 9.00. The van der Waals surface area contributed by atoms with E-state index in [1.54, 1.807) is 11.7 Å². The van der Waals surface area contributed by atoms with Gasteiger partial charge in [0.2, 0.25) is 11.8 Å². The first-order valence-electron chi connectivity index (χ1n) is 9.47. The summed E-state index contributed by atoms with van der Waals surface area (Å²) in [6.45, 7) is 2.48. The van der Waals surface area contributed by atoms with Crippen molar-refractivity contribution < 1.29 is 9.15 Å². The van der Waals surface area contributed by atoms with Crippen LogP contribution in [0.15, 0.2) is 69.0 Å². The molecule has 0 aliphatic rings. The first-order chi connectivity index (χ1) is 14.6. The Kier molecular flexibility index (Phi) is 5.99. The number of hydrogen-bond acceptors (Lipinski definition) is 7. The van der Waals surface area contributed by atoms with Crippen molar-refractivity contribution >= 4 is 11.8 Å². The summed E-state index contributed by atoms with van der Waals surface area (Å²) in [5, 5.41) is 15.4. The van der Waals surface area contributed by atoms with Gasteiger partial charge in [-0.05, 0) is 43.2 Å². The number of H-pyrrole nitrogens is 1. The van der Waals surface area contributed by atoms with Crippen LogP contribution in [-0.2, 0) is 13.0 Å². The molecule has 0 aliphatic carbocycles. The summed E-state index contributed by atoms with van der Waals surface area (Å²) in [6.07, 6.45) is 0.740. The summed E-state index contributed by atoms with van der Waals surface area (Å²) in [5.74, 6) is 1.66. The Morgan fingerprint density at radius 3 is 2.63 bits per heavy atom. The molecule has 0 bridgehead atoms. The van der Waals surface area contributed by atoms with E-state index in [0.29, 0.717) is 23.5 Å². The van der Waals surface area contributed by atoms with Gasteiger partial charge >= 0.3 is 5.69 Å². The fraction of sp³-hybridized carbons (Fsp3) is 0.238. The summed E-state index contributed by atoms with van der Waals surface area (Å²) >= 11 is 1.40. The van der Waals surface area contributed by atoms with Gasteiger partial charge in [-0.3, -0.25) is 4.57 Å². The Hall–Kier alpha value is -3.33. The maximum absolute atomic E-state index is 12.2. The van der Waals surface area contributed by atoms with Crippen molar-refractivity contribution in [1.29, 1.82) is 0 Å². The van der Waals surface area contributed by atoms with Crippen molar-refractivity contribution in [3.05, 3.63) is 76.5 Å². The molecule has 154 valence electrons. The van der Waals surface area contributed by atoms with Crippen LogP contribution in [0.1, 0.15) is 23.6 Å². The topological polar surface area (TPSA) is 98.8 Å². The highest BCUT2D eigenvalue weighted by Gasteiger charge is 2.20. The Labute approximate surface area is 177 Å². The number of rotatable bonds is 8. The lowest BCUT2D eigenvalue weighted by molar-refractivity contribution is 0.415. The van der Waals surface area contributed by atoms with E-state index in [0.717, 1.165) is 23.3 Å². The molecule has 0 spiro atoms. The zero-order valence-electron chi connectivity index (χ0n) is 16.6. The monoisotopic (exact) mass is 423 g/mol. The standard InChI is InChI=1S/C21H21N5O3S/c1-14(18-22-23-19(29-18)16-8-10-17(28-2)11-9-16)30-21-25-24-20(27)26(21)13-12-15-6-4-3-5-7-15/h3-11,14H,12-13H2,1-2H3,(H,24,27). The molecule has 1 N–H and O–H groups in total. The minimum absolute atomic E-state index is 0.171. The van der Waals surface area contributed by atoms with E-state index >= 15 is 0 Å². The van der Waals surface area contributed by atoms with Gasteiger partial charge in [0, 0.05) is 12.1 Å². The van der Waals surface area contributed by atoms with Gasteiger partial charge in [0.25, 0.3) is 0 Å². The van der Waals surface area contributed by atoms with Crippen LogP contribution < -0.4 is 10.4 Å². The largest absolute Gasteiger partial charge is 0.497 e. The molecule has 0 radical (unpaired) electrons. The molecule has 2 heterocycles. The van der Waals surface area contributed by atoms with Crippen LogP contribution in [0.4, 0.5) is 0 Å².